The highest BCUT2D eigenvalue weighted by molar-refractivity contribution is 7.90. The Morgan fingerprint density at radius 1 is 1.26 bits per heavy atom. The second kappa shape index (κ2) is 6.96. The van der Waals surface area contributed by atoms with Gasteiger partial charge in [0.1, 0.15) is 0 Å². The zero-order valence-corrected chi connectivity index (χ0v) is 15.8. The average Bonchev–Trinajstić information content (AvgIpc) is 2.92. The second-order valence-electron chi connectivity index (χ2n) is 5.47. The summed E-state index contributed by atoms with van der Waals surface area (Å²) in [5.41, 5.74) is -3.35. The molecule has 0 spiro atoms. The van der Waals surface area contributed by atoms with E-state index in [0.29, 0.717) is 11.3 Å². The van der Waals surface area contributed by atoms with E-state index in [4.69, 9.17) is 0 Å². The van der Waals surface area contributed by atoms with Crippen molar-refractivity contribution in [3.8, 4) is 0 Å². The van der Waals surface area contributed by atoms with Crippen LogP contribution in [0, 0.1) is 0 Å². The molecule has 0 aliphatic heterocycles. The number of alkyl halides is 3. The summed E-state index contributed by atoms with van der Waals surface area (Å²) in [6.07, 6.45) is -4.28. The van der Waals surface area contributed by atoms with Gasteiger partial charge in [-0.2, -0.15) is 13.2 Å². The van der Waals surface area contributed by atoms with Crippen LogP contribution in [-0.2, 0) is 24.2 Å². The van der Waals surface area contributed by atoms with Crippen LogP contribution >= 0.6 is 11.3 Å². The minimum Gasteiger partial charge on any atom is -0.466 e. The number of nitrogens with one attached hydrogen (secondary N) is 2. The van der Waals surface area contributed by atoms with Crippen molar-refractivity contribution in [1.82, 2.24) is 10.3 Å². The Bertz CT molecular complexity index is 1000. The highest BCUT2D eigenvalue weighted by Gasteiger charge is 2.63. The molecule has 0 fully saturated rings. The number of rotatable bonds is 5. The van der Waals surface area contributed by atoms with Crippen LogP contribution in [0.4, 0.5) is 18.3 Å². The maximum absolute atomic E-state index is 13.7. The van der Waals surface area contributed by atoms with Gasteiger partial charge in [-0.25, -0.2) is 18.2 Å². The number of hydrogen-bond acceptors (Lipinski definition) is 8. The summed E-state index contributed by atoms with van der Waals surface area (Å²) in [5, 5.41) is 3.05. The number of carbonyl (C=O) groups is 2. The highest BCUT2D eigenvalue weighted by atomic mass is 32.2. The lowest BCUT2D eigenvalue weighted by molar-refractivity contribution is -0.206. The van der Waals surface area contributed by atoms with Crippen LogP contribution in [0.5, 0.6) is 0 Å². The standard InChI is InChI=1S/C14H14F3N3O5S2/c1-7(21)19-13(11(22)25-2,14(15,16)17)20-12-18-9-5-4-8(27(3,23)24)6-10(9)26-12/h4-6H,1-3H3,(H,18,20)(H,19,21)/t13-/m0/s1. The first-order chi connectivity index (χ1) is 12.3. The van der Waals surface area contributed by atoms with E-state index in [1.54, 1.807) is 0 Å². The van der Waals surface area contributed by atoms with Gasteiger partial charge in [0, 0.05) is 13.2 Å². The first-order valence-corrected chi connectivity index (χ1v) is 9.83. The molecule has 2 aromatic rings. The molecule has 8 nitrogen and oxygen atoms in total. The quantitative estimate of drug-likeness (QED) is 0.553. The number of esters is 1. The maximum Gasteiger partial charge on any atom is 0.442 e. The number of halogens is 3. The molecule has 1 amide bonds. The fourth-order valence-electron chi connectivity index (χ4n) is 2.16. The highest BCUT2D eigenvalue weighted by Crippen LogP contribution is 2.36. The monoisotopic (exact) mass is 425 g/mol. The predicted octanol–water partition coefficient (Wildman–Crippen LogP) is 1.68. The Labute approximate surface area is 155 Å². The van der Waals surface area contributed by atoms with Crippen LogP contribution in [-0.4, -0.2) is 50.5 Å². The molecule has 1 heterocycles. The molecule has 0 aliphatic carbocycles. The van der Waals surface area contributed by atoms with Gasteiger partial charge < -0.3 is 15.4 Å². The van der Waals surface area contributed by atoms with Gasteiger partial charge in [0.05, 0.1) is 22.2 Å². The first kappa shape index (κ1) is 20.9. The Morgan fingerprint density at radius 2 is 1.89 bits per heavy atom. The molecular weight excluding hydrogens is 411 g/mol. The molecule has 2 rings (SSSR count). The number of nitrogens with zero attached hydrogens (tertiary/aromatic N) is 1. The van der Waals surface area contributed by atoms with Gasteiger partial charge in [-0.3, -0.25) is 4.79 Å². The summed E-state index contributed by atoms with van der Waals surface area (Å²) in [6.45, 7) is 0.807. The number of methoxy groups -OCH3 is 1. The van der Waals surface area contributed by atoms with Crippen LogP contribution in [0.3, 0.4) is 0 Å². The van der Waals surface area contributed by atoms with Gasteiger partial charge in [-0.05, 0) is 18.2 Å². The number of anilines is 1. The minimum atomic E-state index is -5.26. The van der Waals surface area contributed by atoms with E-state index in [-0.39, 0.29) is 20.2 Å². The molecule has 1 atom stereocenters. The predicted molar refractivity (Wildman–Crippen MR) is 91.0 cm³/mol. The summed E-state index contributed by atoms with van der Waals surface area (Å²) >= 11 is 0.680. The molecular formula is C14H14F3N3O5S2. The largest absolute Gasteiger partial charge is 0.466 e. The van der Waals surface area contributed by atoms with Crippen LogP contribution < -0.4 is 10.6 Å². The summed E-state index contributed by atoms with van der Waals surface area (Å²) in [6, 6.07) is 3.82. The molecule has 27 heavy (non-hydrogen) atoms. The Hall–Kier alpha value is -2.41. The van der Waals surface area contributed by atoms with Gasteiger partial charge in [0.25, 0.3) is 0 Å². The third-order valence-corrected chi connectivity index (χ3v) is 5.41. The molecule has 0 unspecified atom stereocenters. The number of hydrogen-bond donors (Lipinski definition) is 2. The van der Waals surface area contributed by atoms with E-state index in [1.165, 1.54) is 23.5 Å². The van der Waals surface area contributed by atoms with E-state index in [1.807, 2.05) is 5.32 Å². The first-order valence-electron chi connectivity index (χ1n) is 7.13. The number of benzene rings is 1. The molecule has 0 saturated heterocycles. The van der Waals surface area contributed by atoms with E-state index >= 15 is 0 Å². The molecule has 0 saturated carbocycles. The van der Waals surface area contributed by atoms with E-state index in [9.17, 15) is 31.2 Å². The molecule has 0 radical (unpaired) electrons. The number of sulfone groups is 1. The van der Waals surface area contributed by atoms with E-state index in [2.05, 4.69) is 9.72 Å². The second-order valence-corrected chi connectivity index (χ2v) is 8.51. The van der Waals surface area contributed by atoms with Crippen molar-refractivity contribution in [2.45, 2.75) is 23.7 Å². The number of aromatic nitrogens is 1. The summed E-state index contributed by atoms with van der Waals surface area (Å²) in [7, 11) is -2.79. The molecule has 1 aromatic heterocycles. The molecule has 2 N–H and O–H groups in total. The summed E-state index contributed by atoms with van der Waals surface area (Å²) in [5.74, 6) is -2.92. The number of amides is 1. The van der Waals surface area contributed by atoms with Crippen molar-refractivity contribution in [2.75, 3.05) is 18.7 Å². The Balaban J connectivity index is 2.57. The number of thiazole rings is 1. The van der Waals surface area contributed by atoms with Crippen molar-refractivity contribution < 1.29 is 35.9 Å². The lowest BCUT2D eigenvalue weighted by atomic mass is 10.1. The fourth-order valence-corrected chi connectivity index (χ4v) is 3.84. The van der Waals surface area contributed by atoms with Crippen molar-refractivity contribution in [2.24, 2.45) is 0 Å². The molecule has 1 aromatic carbocycles. The topological polar surface area (TPSA) is 114 Å². The number of carbonyl (C=O) groups excluding carboxylic acids is 2. The van der Waals surface area contributed by atoms with Gasteiger partial charge in [-0.1, -0.05) is 11.3 Å². The molecule has 0 bridgehead atoms. The van der Waals surface area contributed by atoms with Crippen LogP contribution in [0.1, 0.15) is 6.92 Å². The summed E-state index contributed by atoms with van der Waals surface area (Å²) < 4.78 is 68.7. The lowest BCUT2D eigenvalue weighted by Gasteiger charge is -2.33. The third kappa shape index (κ3) is 4.13. The molecule has 148 valence electrons. The van der Waals surface area contributed by atoms with Crippen LogP contribution in [0.2, 0.25) is 0 Å². The maximum atomic E-state index is 13.7. The third-order valence-electron chi connectivity index (χ3n) is 3.36. The Morgan fingerprint density at radius 3 is 2.37 bits per heavy atom. The molecule has 0 aliphatic rings. The summed E-state index contributed by atoms with van der Waals surface area (Å²) in [4.78, 5) is 27.1. The van der Waals surface area contributed by atoms with Crippen LogP contribution in [0.15, 0.2) is 23.1 Å². The zero-order valence-electron chi connectivity index (χ0n) is 14.2. The van der Waals surface area contributed by atoms with Crippen LogP contribution in [0.25, 0.3) is 10.2 Å². The van der Waals surface area contributed by atoms with Crippen molar-refractivity contribution in [3.63, 3.8) is 0 Å². The normalized spacial score (nSPS) is 14.4. The SMILES string of the molecule is COC(=O)[C@](NC(C)=O)(Nc1nc2ccc(S(C)(=O)=O)cc2s1)C(F)(F)F. The van der Waals surface area contributed by atoms with E-state index < -0.39 is 33.6 Å². The van der Waals surface area contributed by atoms with Crippen molar-refractivity contribution in [1.29, 1.82) is 0 Å². The lowest BCUT2D eigenvalue weighted by Crippen LogP contribution is -2.69. The van der Waals surface area contributed by atoms with Crippen molar-refractivity contribution >= 4 is 48.4 Å². The van der Waals surface area contributed by atoms with Gasteiger partial charge in [0.15, 0.2) is 15.0 Å². The number of fused-ring (bicyclic) bond motifs is 1. The fraction of sp³-hybridized carbons (Fsp3) is 0.357. The minimum absolute atomic E-state index is 0.0397. The smallest absolute Gasteiger partial charge is 0.442 e. The van der Waals surface area contributed by atoms with Gasteiger partial charge >= 0.3 is 17.8 Å². The van der Waals surface area contributed by atoms with Gasteiger partial charge in [0.2, 0.25) is 5.91 Å². The Kier molecular flexibility index (Phi) is 5.39. The average molecular weight is 425 g/mol. The zero-order chi connectivity index (χ0) is 20.6. The van der Waals surface area contributed by atoms with E-state index in [0.717, 1.165) is 20.3 Å². The molecule has 13 heteroatoms. The number of ether oxygens (including phenoxy) is 1. The van der Waals surface area contributed by atoms with Gasteiger partial charge in [-0.15, -0.1) is 0 Å². The van der Waals surface area contributed by atoms with Crippen molar-refractivity contribution in [3.05, 3.63) is 18.2 Å².